The lowest BCUT2D eigenvalue weighted by Crippen LogP contribution is -2.19. The first-order chi connectivity index (χ1) is 8.79. The maximum Gasteiger partial charge on any atom is 0.119 e. The predicted octanol–water partition coefficient (Wildman–Crippen LogP) is 4.24. The van der Waals surface area contributed by atoms with Gasteiger partial charge in [-0.25, -0.2) is 0 Å². The Bertz CT molecular complexity index is 498. The van der Waals surface area contributed by atoms with Crippen LogP contribution in [0.15, 0.2) is 36.9 Å². The highest BCUT2D eigenvalue weighted by Crippen LogP contribution is 2.42. The molecule has 18 heavy (non-hydrogen) atoms. The van der Waals surface area contributed by atoms with E-state index >= 15 is 0 Å². The average molecular weight is 240 g/mol. The van der Waals surface area contributed by atoms with Gasteiger partial charge < -0.3 is 4.74 Å². The molecule has 0 saturated carbocycles. The van der Waals surface area contributed by atoms with E-state index in [1.54, 1.807) is 7.11 Å². The summed E-state index contributed by atoms with van der Waals surface area (Å²) in [6.07, 6.45) is 9.64. The molecule has 1 aromatic carbocycles. The van der Waals surface area contributed by atoms with Crippen molar-refractivity contribution in [2.45, 2.75) is 25.7 Å². The summed E-state index contributed by atoms with van der Waals surface area (Å²) in [5, 5.41) is 0. The van der Waals surface area contributed by atoms with Crippen LogP contribution >= 0.6 is 0 Å². The molecule has 0 unspecified atom stereocenters. The maximum atomic E-state index is 5.30. The van der Waals surface area contributed by atoms with Crippen molar-refractivity contribution in [1.29, 1.82) is 0 Å². The molecule has 1 heteroatoms. The van der Waals surface area contributed by atoms with Crippen LogP contribution in [0, 0.1) is 11.8 Å². The second-order valence-electron chi connectivity index (χ2n) is 5.36. The molecule has 3 rings (SSSR count). The fourth-order valence-electron chi connectivity index (χ4n) is 3.37. The van der Waals surface area contributed by atoms with Gasteiger partial charge in [-0.05, 0) is 66.4 Å². The number of hydrogen-bond donors (Lipinski definition) is 0. The summed E-state index contributed by atoms with van der Waals surface area (Å²) >= 11 is 0. The van der Waals surface area contributed by atoms with Gasteiger partial charge in [0.05, 0.1) is 7.11 Å². The van der Waals surface area contributed by atoms with Crippen LogP contribution in [0.5, 0.6) is 5.75 Å². The second-order valence-corrected chi connectivity index (χ2v) is 5.36. The van der Waals surface area contributed by atoms with E-state index in [1.807, 2.05) is 0 Å². The van der Waals surface area contributed by atoms with Gasteiger partial charge >= 0.3 is 0 Å². The van der Waals surface area contributed by atoms with Gasteiger partial charge in [-0.1, -0.05) is 24.8 Å². The first kappa shape index (κ1) is 11.6. The minimum Gasteiger partial charge on any atom is -0.497 e. The van der Waals surface area contributed by atoms with E-state index < -0.39 is 0 Å². The van der Waals surface area contributed by atoms with Crippen molar-refractivity contribution < 1.29 is 4.74 Å². The highest BCUT2D eigenvalue weighted by Gasteiger charge is 2.29. The van der Waals surface area contributed by atoms with E-state index in [2.05, 4.69) is 36.9 Å². The van der Waals surface area contributed by atoms with E-state index in [0.717, 1.165) is 12.2 Å². The van der Waals surface area contributed by atoms with Crippen LogP contribution in [0.25, 0.3) is 5.57 Å². The summed E-state index contributed by atoms with van der Waals surface area (Å²) in [4.78, 5) is 0. The molecule has 0 radical (unpaired) electrons. The number of methoxy groups -OCH3 is 1. The van der Waals surface area contributed by atoms with Crippen molar-refractivity contribution in [2.75, 3.05) is 7.11 Å². The SMILES string of the molecule is C=C1c2ccc(OC)cc2CC[C@@H]1[C@H]1C=CCC1. The minimum absolute atomic E-state index is 0.643. The standard InChI is InChI=1S/C17H20O/c1-12-16(13-5-3-4-6-13)9-7-14-11-15(18-2)8-10-17(12)14/h3,5,8,10-11,13,16H,1,4,6-7,9H2,2H3/t13-,16-/m0/s1. The molecule has 1 aromatic rings. The molecule has 0 saturated heterocycles. The third-order valence-corrected chi connectivity index (χ3v) is 4.40. The van der Waals surface area contributed by atoms with Gasteiger partial charge in [-0.15, -0.1) is 0 Å². The summed E-state index contributed by atoms with van der Waals surface area (Å²) in [5.74, 6) is 2.32. The molecule has 2 atom stereocenters. The van der Waals surface area contributed by atoms with Crippen molar-refractivity contribution in [3.8, 4) is 5.75 Å². The third-order valence-electron chi connectivity index (χ3n) is 4.40. The monoisotopic (exact) mass is 240 g/mol. The van der Waals surface area contributed by atoms with Gasteiger partial charge in [0.15, 0.2) is 0 Å². The lowest BCUT2D eigenvalue weighted by atomic mass is 9.74. The summed E-state index contributed by atoms with van der Waals surface area (Å²) in [5.41, 5.74) is 4.08. The van der Waals surface area contributed by atoms with Crippen molar-refractivity contribution in [2.24, 2.45) is 11.8 Å². The smallest absolute Gasteiger partial charge is 0.119 e. The number of fused-ring (bicyclic) bond motifs is 1. The molecule has 0 aliphatic heterocycles. The average Bonchev–Trinajstić information content (AvgIpc) is 2.92. The van der Waals surface area contributed by atoms with Gasteiger partial charge in [-0.3, -0.25) is 0 Å². The predicted molar refractivity (Wildman–Crippen MR) is 75.7 cm³/mol. The maximum absolute atomic E-state index is 5.30. The molecule has 2 aliphatic rings. The number of allylic oxidation sites excluding steroid dienone is 3. The van der Waals surface area contributed by atoms with E-state index in [1.165, 1.54) is 36.0 Å². The van der Waals surface area contributed by atoms with Crippen molar-refractivity contribution in [3.05, 3.63) is 48.1 Å². The Balaban J connectivity index is 1.89. The van der Waals surface area contributed by atoms with E-state index in [4.69, 9.17) is 4.74 Å². The molecule has 2 aliphatic carbocycles. The summed E-state index contributed by atoms with van der Waals surface area (Å²) < 4.78 is 5.30. The summed E-state index contributed by atoms with van der Waals surface area (Å²) in [6, 6.07) is 6.40. The molecule has 94 valence electrons. The third kappa shape index (κ3) is 1.88. The Morgan fingerprint density at radius 1 is 1.28 bits per heavy atom. The first-order valence-electron chi connectivity index (χ1n) is 6.82. The van der Waals surface area contributed by atoms with Crippen molar-refractivity contribution >= 4 is 5.57 Å². The summed E-state index contributed by atoms with van der Waals surface area (Å²) in [6.45, 7) is 4.36. The van der Waals surface area contributed by atoms with E-state index in [-0.39, 0.29) is 0 Å². The highest BCUT2D eigenvalue weighted by molar-refractivity contribution is 5.71. The molecule has 0 heterocycles. The zero-order chi connectivity index (χ0) is 12.5. The zero-order valence-electron chi connectivity index (χ0n) is 11.0. The lowest BCUT2D eigenvalue weighted by molar-refractivity contribution is 0.412. The van der Waals surface area contributed by atoms with E-state index in [0.29, 0.717) is 11.8 Å². The number of benzene rings is 1. The number of ether oxygens (including phenoxy) is 1. The van der Waals surface area contributed by atoms with E-state index in [9.17, 15) is 0 Å². The van der Waals surface area contributed by atoms with Gasteiger partial charge in [-0.2, -0.15) is 0 Å². The molecule has 0 N–H and O–H groups in total. The lowest BCUT2D eigenvalue weighted by Gasteiger charge is -2.31. The Kier molecular flexibility index (Phi) is 2.99. The molecular weight excluding hydrogens is 220 g/mol. The first-order valence-corrected chi connectivity index (χ1v) is 6.82. The van der Waals surface area contributed by atoms with Crippen LogP contribution in [-0.2, 0) is 6.42 Å². The van der Waals surface area contributed by atoms with Crippen LogP contribution in [-0.4, -0.2) is 7.11 Å². The van der Waals surface area contributed by atoms with Gasteiger partial charge in [0, 0.05) is 0 Å². The summed E-state index contributed by atoms with van der Waals surface area (Å²) in [7, 11) is 1.73. The zero-order valence-corrected chi connectivity index (χ0v) is 11.0. The van der Waals surface area contributed by atoms with Crippen LogP contribution in [0.1, 0.15) is 30.4 Å². The topological polar surface area (TPSA) is 9.23 Å². The van der Waals surface area contributed by atoms with Crippen LogP contribution in [0.3, 0.4) is 0 Å². The Morgan fingerprint density at radius 3 is 2.89 bits per heavy atom. The Labute approximate surface area is 109 Å². The molecule has 1 nitrogen and oxygen atoms in total. The van der Waals surface area contributed by atoms with Gasteiger partial charge in [0.2, 0.25) is 0 Å². The molecule has 0 bridgehead atoms. The van der Waals surface area contributed by atoms with Gasteiger partial charge in [0.1, 0.15) is 5.75 Å². The minimum atomic E-state index is 0.643. The normalized spacial score (nSPS) is 26.2. The van der Waals surface area contributed by atoms with Crippen LogP contribution < -0.4 is 4.74 Å². The second kappa shape index (κ2) is 4.64. The molecule has 0 aromatic heterocycles. The quantitative estimate of drug-likeness (QED) is 0.703. The highest BCUT2D eigenvalue weighted by atomic mass is 16.5. The molecule has 0 amide bonds. The van der Waals surface area contributed by atoms with Crippen LogP contribution in [0.2, 0.25) is 0 Å². The Hall–Kier alpha value is -1.50. The number of hydrogen-bond acceptors (Lipinski definition) is 1. The van der Waals surface area contributed by atoms with Crippen LogP contribution in [0.4, 0.5) is 0 Å². The fraction of sp³-hybridized carbons (Fsp3) is 0.412. The van der Waals surface area contributed by atoms with Crippen molar-refractivity contribution in [3.63, 3.8) is 0 Å². The fourth-order valence-corrected chi connectivity index (χ4v) is 3.37. The molecular formula is C17H20O. The number of rotatable bonds is 2. The Morgan fingerprint density at radius 2 is 2.17 bits per heavy atom. The number of aryl methyl sites for hydroxylation is 1. The van der Waals surface area contributed by atoms with Gasteiger partial charge in [0.25, 0.3) is 0 Å². The largest absolute Gasteiger partial charge is 0.497 e. The molecule has 0 spiro atoms. The molecule has 0 fully saturated rings. The van der Waals surface area contributed by atoms with Crippen molar-refractivity contribution in [1.82, 2.24) is 0 Å².